The van der Waals surface area contributed by atoms with Crippen molar-refractivity contribution in [2.45, 2.75) is 45.3 Å². The minimum absolute atomic E-state index is 0.0242. The van der Waals surface area contributed by atoms with Gasteiger partial charge in [0.2, 0.25) is 0 Å². The van der Waals surface area contributed by atoms with Gasteiger partial charge in [0.15, 0.2) is 0 Å². The molecule has 0 saturated carbocycles. The van der Waals surface area contributed by atoms with Crippen molar-refractivity contribution in [3.05, 3.63) is 101 Å². The van der Waals surface area contributed by atoms with Crippen molar-refractivity contribution in [1.29, 1.82) is 0 Å². The Kier molecular flexibility index (Phi) is 8.96. The zero-order chi connectivity index (χ0) is 28.1. The van der Waals surface area contributed by atoms with Crippen LogP contribution >= 0.6 is 0 Å². The smallest absolute Gasteiger partial charge is 0.449 e. The van der Waals surface area contributed by atoms with E-state index in [2.05, 4.69) is 10.1 Å². The molecule has 0 aliphatic carbocycles. The van der Waals surface area contributed by atoms with E-state index in [1.54, 1.807) is 24.3 Å². The molecule has 1 atom stereocenters. The maximum Gasteiger partial charge on any atom is 0.461 e. The molecular weight excluding hydrogens is 512 g/mol. The standard InChI is InChI=1S/C28H27F6NO3/c1-17(2)16-37-26(36)35-27(20-8-10-22(29)11-9-20,15-19-6-4-18(3)5-7-19)21-12-23(30)14-24(13-21)38-28(33,34)25(31)32/h4-14,17,25H,15-16H2,1-3H3,(H,35,36)/t27-/m1/s1. The maximum absolute atomic E-state index is 14.8. The van der Waals surface area contributed by atoms with E-state index in [9.17, 15) is 31.1 Å². The van der Waals surface area contributed by atoms with E-state index in [0.717, 1.165) is 29.8 Å². The number of aryl methyl sites for hydroxylation is 1. The first-order chi connectivity index (χ1) is 17.8. The van der Waals surface area contributed by atoms with Gasteiger partial charge in [-0.2, -0.15) is 17.6 Å². The number of ether oxygens (including phenoxy) is 2. The SMILES string of the molecule is Cc1ccc(C[C@@](NC(=O)OCC(C)C)(c2ccc(F)cc2)c2cc(F)cc(OC(F)(F)C(F)F)c2)cc1. The summed E-state index contributed by atoms with van der Waals surface area (Å²) in [7, 11) is 0. The fourth-order valence-corrected chi connectivity index (χ4v) is 3.83. The number of amides is 1. The Morgan fingerprint density at radius 2 is 1.53 bits per heavy atom. The van der Waals surface area contributed by atoms with Gasteiger partial charge < -0.3 is 14.8 Å². The fourth-order valence-electron chi connectivity index (χ4n) is 3.83. The van der Waals surface area contributed by atoms with Crippen LogP contribution in [0.4, 0.5) is 31.1 Å². The number of carbonyl (C=O) groups is 1. The number of nitrogens with one attached hydrogen (secondary N) is 1. The van der Waals surface area contributed by atoms with E-state index in [-0.39, 0.29) is 30.1 Å². The molecule has 0 spiro atoms. The lowest BCUT2D eigenvalue weighted by molar-refractivity contribution is -0.253. The minimum Gasteiger partial charge on any atom is -0.449 e. The fraction of sp³-hybridized carbons (Fsp3) is 0.321. The lowest BCUT2D eigenvalue weighted by Crippen LogP contribution is -2.49. The van der Waals surface area contributed by atoms with E-state index in [1.165, 1.54) is 12.1 Å². The summed E-state index contributed by atoms with van der Waals surface area (Å²) in [5.41, 5.74) is -0.0172. The van der Waals surface area contributed by atoms with Crippen LogP contribution in [0.15, 0.2) is 66.7 Å². The molecule has 0 heterocycles. The van der Waals surface area contributed by atoms with Gasteiger partial charge in [-0.05, 0) is 53.8 Å². The van der Waals surface area contributed by atoms with Crippen molar-refractivity contribution in [3.63, 3.8) is 0 Å². The molecule has 204 valence electrons. The third kappa shape index (κ3) is 7.20. The topological polar surface area (TPSA) is 47.6 Å². The first-order valence-electron chi connectivity index (χ1n) is 11.7. The zero-order valence-electron chi connectivity index (χ0n) is 20.9. The molecule has 0 aromatic heterocycles. The van der Waals surface area contributed by atoms with E-state index in [4.69, 9.17) is 4.74 Å². The predicted octanol–water partition coefficient (Wildman–Crippen LogP) is 7.38. The molecule has 0 fully saturated rings. The zero-order valence-corrected chi connectivity index (χ0v) is 20.9. The average molecular weight is 540 g/mol. The van der Waals surface area contributed by atoms with Crippen LogP contribution < -0.4 is 10.1 Å². The summed E-state index contributed by atoms with van der Waals surface area (Å²) in [6, 6.07) is 14.4. The van der Waals surface area contributed by atoms with E-state index in [1.807, 2.05) is 20.8 Å². The van der Waals surface area contributed by atoms with Gasteiger partial charge >= 0.3 is 18.6 Å². The Balaban J connectivity index is 2.23. The molecule has 4 nitrogen and oxygen atoms in total. The Morgan fingerprint density at radius 1 is 0.895 bits per heavy atom. The second-order valence-corrected chi connectivity index (χ2v) is 9.33. The molecule has 0 unspecified atom stereocenters. The molecule has 0 aliphatic rings. The van der Waals surface area contributed by atoms with Crippen LogP contribution in [0.5, 0.6) is 5.75 Å². The molecule has 3 rings (SSSR count). The molecule has 3 aromatic rings. The second-order valence-electron chi connectivity index (χ2n) is 9.33. The highest BCUT2D eigenvalue weighted by Gasteiger charge is 2.45. The van der Waals surface area contributed by atoms with E-state index >= 15 is 0 Å². The average Bonchev–Trinajstić information content (AvgIpc) is 2.83. The summed E-state index contributed by atoms with van der Waals surface area (Å²) in [5, 5.41) is 2.70. The second kappa shape index (κ2) is 11.8. The van der Waals surface area contributed by atoms with Crippen LogP contribution in [0, 0.1) is 24.5 Å². The molecular formula is C28H27F6NO3. The highest BCUT2D eigenvalue weighted by molar-refractivity contribution is 5.70. The third-order valence-electron chi connectivity index (χ3n) is 5.66. The maximum atomic E-state index is 14.8. The van der Waals surface area contributed by atoms with Gasteiger partial charge in [0.1, 0.15) is 17.4 Å². The number of alkyl halides is 4. The number of halogens is 6. The number of alkyl carbamates (subject to hydrolysis) is 1. The Morgan fingerprint density at radius 3 is 2.11 bits per heavy atom. The lowest BCUT2D eigenvalue weighted by atomic mass is 9.77. The molecule has 1 amide bonds. The third-order valence-corrected chi connectivity index (χ3v) is 5.66. The predicted molar refractivity (Wildman–Crippen MR) is 129 cm³/mol. The van der Waals surface area contributed by atoms with Gasteiger partial charge in [-0.15, -0.1) is 0 Å². The normalized spacial score (nSPS) is 13.3. The van der Waals surface area contributed by atoms with Gasteiger partial charge in [0, 0.05) is 12.5 Å². The van der Waals surface area contributed by atoms with Crippen molar-refractivity contribution in [2.24, 2.45) is 5.92 Å². The number of rotatable bonds is 10. The summed E-state index contributed by atoms with van der Waals surface area (Å²) < 4.78 is 91.1. The molecule has 0 saturated heterocycles. The van der Waals surface area contributed by atoms with Crippen LogP contribution in [-0.2, 0) is 16.7 Å². The highest BCUT2D eigenvalue weighted by atomic mass is 19.3. The first-order valence-corrected chi connectivity index (χ1v) is 11.7. The summed E-state index contributed by atoms with van der Waals surface area (Å²) >= 11 is 0. The quantitative estimate of drug-likeness (QED) is 0.274. The molecule has 3 aromatic carbocycles. The van der Waals surface area contributed by atoms with Crippen LogP contribution in [0.25, 0.3) is 0 Å². The van der Waals surface area contributed by atoms with E-state index < -0.39 is 41.6 Å². The van der Waals surface area contributed by atoms with Gasteiger partial charge in [0.05, 0.1) is 12.1 Å². The van der Waals surface area contributed by atoms with E-state index in [0.29, 0.717) is 11.6 Å². The van der Waals surface area contributed by atoms with Crippen LogP contribution in [0.3, 0.4) is 0 Å². The van der Waals surface area contributed by atoms with Crippen molar-refractivity contribution in [3.8, 4) is 5.75 Å². The Labute approximate surface area is 216 Å². The molecule has 0 radical (unpaired) electrons. The summed E-state index contributed by atoms with van der Waals surface area (Å²) in [6.45, 7) is 5.52. The van der Waals surface area contributed by atoms with Crippen molar-refractivity contribution >= 4 is 6.09 Å². The molecule has 1 N–H and O–H groups in total. The first kappa shape index (κ1) is 28.9. The monoisotopic (exact) mass is 539 g/mol. The highest BCUT2D eigenvalue weighted by Crippen LogP contribution is 2.38. The van der Waals surface area contributed by atoms with Gasteiger partial charge in [-0.25, -0.2) is 13.6 Å². The summed E-state index contributed by atoms with van der Waals surface area (Å²) in [6.07, 6.45) is -10.1. The van der Waals surface area contributed by atoms with Crippen molar-refractivity contribution < 1.29 is 40.6 Å². The summed E-state index contributed by atoms with van der Waals surface area (Å²) in [5.74, 6) is -2.60. The van der Waals surface area contributed by atoms with Crippen LogP contribution in [0.2, 0.25) is 0 Å². The van der Waals surface area contributed by atoms with Crippen molar-refractivity contribution in [2.75, 3.05) is 6.61 Å². The van der Waals surface area contributed by atoms with Gasteiger partial charge in [-0.1, -0.05) is 55.8 Å². The van der Waals surface area contributed by atoms with Gasteiger partial charge in [-0.3, -0.25) is 0 Å². The minimum atomic E-state index is -4.90. The van der Waals surface area contributed by atoms with Crippen molar-refractivity contribution in [1.82, 2.24) is 5.32 Å². The Hall–Kier alpha value is -3.69. The van der Waals surface area contributed by atoms with Gasteiger partial charge in [0.25, 0.3) is 0 Å². The van der Waals surface area contributed by atoms with Crippen LogP contribution in [-0.4, -0.2) is 25.2 Å². The summed E-state index contributed by atoms with van der Waals surface area (Å²) in [4.78, 5) is 13.0. The molecule has 0 bridgehead atoms. The van der Waals surface area contributed by atoms with Crippen LogP contribution in [0.1, 0.15) is 36.1 Å². The number of hydrogen-bond donors (Lipinski definition) is 1. The Bertz CT molecular complexity index is 1230. The largest absolute Gasteiger partial charge is 0.461 e. The molecule has 38 heavy (non-hydrogen) atoms. The number of benzene rings is 3. The molecule has 0 aliphatic heterocycles. The molecule has 10 heteroatoms. The lowest BCUT2D eigenvalue weighted by Gasteiger charge is -2.36. The number of carbonyl (C=O) groups excluding carboxylic acids is 1. The number of hydrogen-bond acceptors (Lipinski definition) is 3.